The molecule has 136 valence electrons. The Morgan fingerprint density at radius 3 is 2.50 bits per heavy atom. The van der Waals surface area contributed by atoms with Crippen molar-refractivity contribution >= 4 is 15.8 Å². The second-order valence-corrected chi connectivity index (χ2v) is 10.8. The number of hydrogen-bond donors (Lipinski definition) is 2. The molecule has 0 aromatic rings. The van der Waals surface area contributed by atoms with Gasteiger partial charge in [0.1, 0.15) is 0 Å². The fourth-order valence-corrected chi connectivity index (χ4v) is 6.77. The standard InChI is InChI=1S/C18H31N3O2S/c22-24(23)7-6-15(12-24)11-20-18(19-10-13-2-1-3-13)21-17-9-14-4-5-16(17)8-14/h13-17H,1-12H2,(H2,19,20,21). The quantitative estimate of drug-likeness (QED) is 0.585. The van der Waals surface area contributed by atoms with Crippen LogP contribution in [0.1, 0.15) is 51.4 Å². The van der Waals surface area contributed by atoms with Crippen LogP contribution in [0, 0.1) is 23.7 Å². The van der Waals surface area contributed by atoms with Crippen LogP contribution in [-0.4, -0.2) is 45.0 Å². The Morgan fingerprint density at radius 2 is 1.92 bits per heavy atom. The predicted octanol–water partition coefficient (Wildman–Crippen LogP) is 1.94. The third-order valence-corrected chi connectivity index (χ3v) is 8.51. The van der Waals surface area contributed by atoms with E-state index in [4.69, 9.17) is 4.99 Å². The molecule has 0 radical (unpaired) electrons. The van der Waals surface area contributed by atoms with E-state index in [-0.39, 0.29) is 5.92 Å². The highest BCUT2D eigenvalue weighted by molar-refractivity contribution is 7.91. The monoisotopic (exact) mass is 353 g/mol. The molecule has 5 nitrogen and oxygen atoms in total. The first kappa shape index (κ1) is 16.7. The van der Waals surface area contributed by atoms with Gasteiger partial charge in [0.25, 0.3) is 0 Å². The zero-order chi connectivity index (χ0) is 16.6. The third-order valence-electron chi connectivity index (χ3n) is 6.68. The van der Waals surface area contributed by atoms with E-state index in [1.54, 1.807) is 0 Å². The number of sulfone groups is 1. The van der Waals surface area contributed by atoms with Crippen molar-refractivity contribution < 1.29 is 8.42 Å². The largest absolute Gasteiger partial charge is 0.356 e. The van der Waals surface area contributed by atoms with E-state index in [0.717, 1.165) is 36.7 Å². The van der Waals surface area contributed by atoms with Gasteiger partial charge < -0.3 is 10.6 Å². The van der Waals surface area contributed by atoms with Crippen molar-refractivity contribution in [1.29, 1.82) is 0 Å². The van der Waals surface area contributed by atoms with Gasteiger partial charge in [0.15, 0.2) is 15.8 Å². The highest BCUT2D eigenvalue weighted by Gasteiger charge is 2.40. The molecule has 2 N–H and O–H groups in total. The zero-order valence-corrected chi connectivity index (χ0v) is 15.4. The molecule has 4 aliphatic rings. The van der Waals surface area contributed by atoms with E-state index in [0.29, 0.717) is 24.1 Å². The van der Waals surface area contributed by atoms with E-state index in [2.05, 4.69) is 10.6 Å². The molecule has 0 spiro atoms. The summed E-state index contributed by atoms with van der Waals surface area (Å²) in [5.74, 6) is 4.33. The molecule has 6 heteroatoms. The molecular formula is C18H31N3O2S. The second kappa shape index (κ2) is 6.85. The molecule has 3 saturated carbocycles. The smallest absolute Gasteiger partial charge is 0.191 e. The lowest BCUT2D eigenvalue weighted by Crippen LogP contribution is -2.47. The average Bonchev–Trinajstić information content (AvgIpc) is 3.18. The first-order valence-corrected chi connectivity index (χ1v) is 11.6. The Balaban J connectivity index is 1.34. The maximum Gasteiger partial charge on any atom is 0.191 e. The molecular weight excluding hydrogens is 322 g/mol. The van der Waals surface area contributed by atoms with Gasteiger partial charge in [-0.3, -0.25) is 4.99 Å². The number of hydrogen-bond acceptors (Lipinski definition) is 3. The van der Waals surface area contributed by atoms with Crippen LogP contribution in [0.2, 0.25) is 0 Å². The van der Waals surface area contributed by atoms with Gasteiger partial charge in [0.05, 0.1) is 11.5 Å². The van der Waals surface area contributed by atoms with Crippen LogP contribution >= 0.6 is 0 Å². The fraction of sp³-hybridized carbons (Fsp3) is 0.944. The minimum Gasteiger partial charge on any atom is -0.356 e. The molecule has 4 atom stereocenters. The number of nitrogens with one attached hydrogen (secondary N) is 2. The van der Waals surface area contributed by atoms with Gasteiger partial charge in [-0.25, -0.2) is 8.42 Å². The minimum absolute atomic E-state index is 0.206. The first-order valence-electron chi connectivity index (χ1n) is 9.83. The van der Waals surface area contributed by atoms with Crippen molar-refractivity contribution in [1.82, 2.24) is 10.6 Å². The van der Waals surface area contributed by atoms with Crippen molar-refractivity contribution in [3.8, 4) is 0 Å². The molecule has 2 bridgehead atoms. The van der Waals surface area contributed by atoms with Crippen LogP contribution in [0.5, 0.6) is 0 Å². The summed E-state index contributed by atoms with van der Waals surface area (Å²) in [6.45, 7) is 1.65. The van der Waals surface area contributed by atoms with Gasteiger partial charge in [0, 0.05) is 19.1 Å². The van der Waals surface area contributed by atoms with E-state index in [9.17, 15) is 8.42 Å². The van der Waals surface area contributed by atoms with E-state index < -0.39 is 9.84 Å². The molecule has 4 unspecified atom stereocenters. The first-order chi connectivity index (χ1) is 11.6. The maximum absolute atomic E-state index is 11.6. The number of nitrogens with zero attached hydrogens (tertiary/aromatic N) is 1. The van der Waals surface area contributed by atoms with Gasteiger partial charge in [-0.15, -0.1) is 0 Å². The van der Waals surface area contributed by atoms with Crippen LogP contribution < -0.4 is 10.6 Å². The summed E-state index contributed by atoms with van der Waals surface area (Å²) in [7, 11) is -2.80. The lowest BCUT2D eigenvalue weighted by molar-refractivity contribution is 0.312. The fourth-order valence-electron chi connectivity index (χ4n) is 4.92. The Morgan fingerprint density at radius 1 is 1.04 bits per heavy atom. The van der Waals surface area contributed by atoms with Gasteiger partial charge >= 0.3 is 0 Å². The maximum atomic E-state index is 11.6. The number of fused-ring (bicyclic) bond motifs is 2. The molecule has 24 heavy (non-hydrogen) atoms. The molecule has 1 aliphatic heterocycles. The van der Waals surface area contributed by atoms with Crippen LogP contribution in [0.25, 0.3) is 0 Å². The average molecular weight is 354 g/mol. The number of aliphatic imine (C=N–C) groups is 1. The SMILES string of the molecule is O=S1(=O)CCC(CN=C(NCC2CCC2)NC2CC3CCC2C3)C1. The van der Waals surface area contributed by atoms with Crippen molar-refractivity contribution in [2.24, 2.45) is 28.7 Å². The number of guanidine groups is 1. The van der Waals surface area contributed by atoms with Gasteiger partial charge in [-0.2, -0.15) is 0 Å². The number of rotatable bonds is 5. The van der Waals surface area contributed by atoms with E-state index in [1.165, 1.54) is 44.9 Å². The lowest BCUT2D eigenvalue weighted by atomic mass is 9.85. The summed E-state index contributed by atoms with van der Waals surface area (Å²) < 4.78 is 23.3. The zero-order valence-electron chi connectivity index (χ0n) is 14.5. The molecule has 3 aliphatic carbocycles. The molecule has 0 amide bonds. The van der Waals surface area contributed by atoms with Gasteiger partial charge in [-0.1, -0.05) is 12.8 Å². The van der Waals surface area contributed by atoms with Crippen molar-refractivity contribution in [2.45, 2.75) is 57.4 Å². The highest BCUT2D eigenvalue weighted by atomic mass is 32.2. The highest BCUT2D eigenvalue weighted by Crippen LogP contribution is 2.44. The Labute approximate surface area is 146 Å². The second-order valence-electron chi connectivity index (χ2n) is 8.56. The van der Waals surface area contributed by atoms with E-state index >= 15 is 0 Å². The van der Waals surface area contributed by atoms with Crippen molar-refractivity contribution in [3.63, 3.8) is 0 Å². The summed E-state index contributed by atoms with van der Waals surface area (Å²) in [6, 6.07) is 0.573. The summed E-state index contributed by atoms with van der Waals surface area (Å²) in [6.07, 6.45) is 10.2. The third kappa shape index (κ3) is 3.89. The summed E-state index contributed by atoms with van der Waals surface area (Å²) in [5.41, 5.74) is 0. The van der Waals surface area contributed by atoms with Gasteiger partial charge in [-0.05, 0) is 62.2 Å². The molecule has 4 rings (SSSR count). The topological polar surface area (TPSA) is 70.6 Å². The molecule has 0 aromatic carbocycles. The molecule has 1 heterocycles. The Kier molecular flexibility index (Phi) is 4.76. The summed E-state index contributed by atoms with van der Waals surface area (Å²) >= 11 is 0. The van der Waals surface area contributed by atoms with E-state index in [1.807, 2.05) is 0 Å². The molecule has 4 fully saturated rings. The lowest BCUT2D eigenvalue weighted by Gasteiger charge is -2.29. The van der Waals surface area contributed by atoms with Crippen LogP contribution in [-0.2, 0) is 9.84 Å². The van der Waals surface area contributed by atoms with Crippen LogP contribution in [0.3, 0.4) is 0 Å². The normalized spacial score (nSPS) is 38.2. The summed E-state index contributed by atoms with van der Waals surface area (Å²) in [4.78, 5) is 4.78. The minimum atomic E-state index is -2.80. The van der Waals surface area contributed by atoms with Crippen molar-refractivity contribution in [2.75, 3.05) is 24.6 Å². The molecule has 1 saturated heterocycles. The van der Waals surface area contributed by atoms with Crippen LogP contribution in [0.4, 0.5) is 0 Å². The molecule has 0 aromatic heterocycles. The Bertz CT molecular complexity index is 585. The predicted molar refractivity (Wildman–Crippen MR) is 96.8 cm³/mol. The summed E-state index contributed by atoms with van der Waals surface area (Å²) in [5, 5.41) is 7.23. The van der Waals surface area contributed by atoms with Crippen LogP contribution in [0.15, 0.2) is 4.99 Å². The Hall–Kier alpha value is -0.780. The van der Waals surface area contributed by atoms with Crippen molar-refractivity contribution in [3.05, 3.63) is 0 Å². The van der Waals surface area contributed by atoms with Gasteiger partial charge in [0.2, 0.25) is 0 Å².